The zero-order chi connectivity index (χ0) is 18.5. The summed E-state index contributed by atoms with van der Waals surface area (Å²) in [4.78, 5) is 26.6. The van der Waals surface area contributed by atoms with Gasteiger partial charge in [-0.3, -0.25) is 4.79 Å². The fourth-order valence-electron chi connectivity index (χ4n) is 3.39. The molecule has 0 aromatic heterocycles. The third-order valence-electron chi connectivity index (χ3n) is 4.55. The number of para-hydroxylation sites is 2. The van der Waals surface area contributed by atoms with Gasteiger partial charge in [0.15, 0.2) is 0 Å². The average molecular weight is 352 g/mol. The van der Waals surface area contributed by atoms with Crippen LogP contribution in [0.4, 0.5) is 11.4 Å². The van der Waals surface area contributed by atoms with Crippen LogP contribution in [-0.2, 0) is 16.0 Å². The van der Waals surface area contributed by atoms with Gasteiger partial charge in [0.25, 0.3) is 0 Å². The number of benzene rings is 2. The molecule has 1 amide bonds. The molecule has 1 aliphatic rings. The van der Waals surface area contributed by atoms with Crippen LogP contribution in [0.5, 0.6) is 0 Å². The summed E-state index contributed by atoms with van der Waals surface area (Å²) in [5, 5.41) is 3.20. The third kappa shape index (κ3) is 3.72. The fourth-order valence-corrected chi connectivity index (χ4v) is 3.39. The Bertz CT molecular complexity index is 803. The molecule has 0 spiro atoms. The van der Waals surface area contributed by atoms with Gasteiger partial charge in [0.2, 0.25) is 5.91 Å². The molecule has 1 unspecified atom stereocenters. The van der Waals surface area contributed by atoms with E-state index in [-0.39, 0.29) is 17.9 Å². The van der Waals surface area contributed by atoms with Crippen molar-refractivity contribution in [3.63, 3.8) is 0 Å². The number of rotatable bonds is 6. The highest BCUT2D eigenvalue weighted by Gasteiger charge is 2.29. The summed E-state index contributed by atoms with van der Waals surface area (Å²) in [6, 6.07) is 15.4. The first-order valence-corrected chi connectivity index (χ1v) is 9.01. The molecule has 1 heterocycles. The second-order valence-electron chi connectivity index (χ2n) is 6.39. The van der Waals surface area contributed by atoms with E-state index in [9.17, 15) is 9.59 Å². The Labute approximate surface area is 154 Å². The smallest absolute Gasteiger partial charge is 0.340 e. The zero-order valence-electron chi connectivity index (χ0n) is 15.2. The van der Waals surface area contributed by atoms with E-state index in [4.69, 9.17) is 4.74 Å². The molecule has 1 N–H and O–H groups in total. The summed E-state index contributed by atoms with van der Waals surface area (Å²) in [6.45, 7) is 4.64. The van der Waals surface area contributed by atoms with Crippen LogP contribution >= 0.6 is 0 Å². The minimum Gasteiger partial charge on any atom is -0.462 e. The maximum Gasteiger partial charge on any atom is 0.340 e. The molecule has 3 rings (SSSR count). The molecule has 1 aliphatic heterocycles. The van der Waals surface area contributed by atoms with Gasteiger partial charge >= 0.3 is 5.97 Å². The van der Waals surface area contributed by atoms with Gasteiger partial charge in [-0.1, -0.05) is 30.3 Å². The van der Waals surface area contributed by atoms with Gasteiger partial charge in [-0.15, -0.1) is 0 Å². The summed E-state index contributed by atoms with van der Waals surface area (Å²) >= 11 is 0. The van der Waals surface area contributed by atoms with Gasteiger partial charge in [-0.2, -0.15) is 0 Å². The maximum absolute atomic E-state index is 12.7. The lowest BCUT2D eigenvalue weighted by Crippen LogP contribution is -2.36. The summed E-state index contributed by atoms with van der Waals surface area (Å²) in [7, 11) is 0. The Hall–Kier alpha value is -2.82. The summed E-state index contributed by atoms with van der Waals surface area (Å²) < 4.78 is 5.08. The van der Waals surface area contributed by atoms with Crippen molar-refractivity contribution >= 4 is 23.3 Å². The van der Waals surface area contributed by atoms with E-state index in [1.54, 1.807) is 19.1 Å². The minimum absolute atomic E-state index is 0.0866. The molecule has 0 saturated carbocycles. The van der Waals surface area contributed by atoms with Gasteiger partial charge in [0, 0.05) is 30.4 Å². The number of anilines is 2. The molecule has 0 fully saturated rings. The van der Waals surface area contributed by atoms with Gasteiger partial charge in [-0.05, 0) is 44.0 Å². The highest BCUT2D eigenvalue weighted by atomic mass is 16.5. The minimum atomic E-state index is -0.357. The van der Waals surface area contributed by atoms with E-state index in [1.807, 2.05) is 35.2 Å². The molecule has 0 aliphatic carbocycles. The molecule has 0 bridgehead atoms. The van der Waals surface area contributed by atoms with Crippen LogP contribution in [0.2, 0.25) is 0 Å². The van der Waals surface area contributed by atoms with Gasteiger partial charge < -0.3 is 15.0 Å². The number of nitrogens with one attached hydrogen (secondary N) is 1. The second kappa shape index (κ2) is 8.04. The molecule has 5 heteroatoms. The number of amides is 1. The number of hydrogen-bond acceptors (Lipinski definition) is 4. The molecule has 2 aromatic rings. The molecule has 136 valence electrons. The highest BCUT2D eigenvalue weighted by molar-refractivity contribution is 5.97. The summed E-state index contributed by atoms with van der Waals surface area (Å²) in [5.41, 5.74) is 3.40. The highest BCUT2D eigenvalue weighted by Crippen LogP contribution is 2.32. The molecular weight excluding hydrogens is 328 g/mol. The Balaban J connectivity index is 1.62. The lowest BCUT2D eigenvalue weighted by Gasteiger charge is -2.23. The topological polar surface area (TPSA) is 58.6 Å². The van der Waals surface area contributed by atoms with E-state index in [0.717, 1.165) is 12.1 Å². The van der Waals surface area contributed by atoms with Crippen LogP contribution in [0.3, 0.4) is 0 Å². The van der Waals surface area contributed by atoms with Crippen LogP contribution in [0, 0.1) is 0 Å². The van der Waals surface area contributed by atoms with Crippen molar-refractivity contribution in [3.8, 4) is 0 Å². The first-order chi connectivity index (χ1) is 12.6. The van der Waals surface area contributed by atoms with E-state index in [1.165, 1.54) is 5.56 Å². The maximum atomic E-state index is 12.7. The van der Waals surface area contributed by atoms with Crippen LogP contribution < -0.4 is 10.2 Å². The Morgan fingerprint density at radius 3 is 2.69 bits per heavy atom. The zero-order valence-corrected chi connectivity index (χ0v) is 15.2. The Kier molecular flexibility index (Phi) is 5.56. The van der Waals surface area contributed by atoms with E-state index in [2.05, 4.69) is 18.3 Å². The number of carbonyl (C=O) groups excluding carboxylic acids is 2. The van der Waals surface area contributed by atoms with Crippen LogP contribution in [0.1, 0.15) is 36.2 Å². The second-order valence-corrected chi connectivity index (χ2v) is 6.39. The van der Waals surface area contributed by atoms with Crippen LogP contribution in [-0.4, -0.2) is 31.1 Å². The fraction of sp³-hybridized carbons (Fsp3) is 0.333. The molecule has 1 atom stereocenters. The van der Waals surface area contributed by atoms with Gasteiger partial charge in [0.1, 0.15) is 0 Å². The average Bonchev–Trinajstić information content (AvgIpc) is 2.98. The van der Waals surface area contributed by atoms with Gasteiger partial charge in [-0.25, -0.2) is 4.79 Å². The lowest BCUT2D eigenvalue weighted by atomic mass is 10.1. The quantitative estimate of drug-likeness (QED) is 0.807. The first kappa shape index (κ1) is 18.0. The normalized spacial score (nSPS) is 15.5. The van der Waals surface area contributed by atoms with Crippen LogP contribution in [0.15, 0.2) is 48.5 Å². The van der Waals surface area contributed by atoms with Crippen molar-refractivity contribution in [2.45, 2.75) is 32.7 Å². The number of ether oxygens (including phenoxy) is 1. The third-order valence-corrected chi connectivity index (χ3v) is 4.55. The molecular formula is C21H24N2O3. The van der Waals surface area contributed by atoms with Crippen molar-refractivity contribution in [1.29, 1.82) is 0 Å². The number of fused-ring (bicyclic) bond motifs is 1. The Morgan fingerprint density at radius 1 is 1.15 bits per heavy atom. The molecule has 0 saturated heterocycles. The largest absolute Gasteiger partial charge is 0.462 e. The summed E-state index contributed by atoms with van der Waals surface area (Å²) in [6.07, 6.45) is 1.25. The van der Waals surface area contributed by atoms with Crippen molar-refractivity contribution in [2.75, 3.05) is 23.4 Å². The predicted molar refractivity (Wildman–Crippen MR) is 103 cm³/mol. The predicted octanol–water partition coefficient (Wildman–Crippen LogP) is 3.64. The Morgan fingerprint density at radius 2 is 1.88 bits per heavy atom. The van der Waals surface area contributed by atoms with E-state index < -0.39 is 0 Å². The number of carbonyl (C=O) groups is 2. The number of hydrogen-bond donors (Lipinski definition) is 1. The summed E-state index contributed by atoms with van der Waals surface area (Å²) in [5.74, 6) is -0.271. The van der Waals surface area contributed by atoms with Crippen LogP contribution in [0.25, 0.3) is 0 Å². The number of esters is 1. The van der Waals surface area contributed by atoms with Gasteiger partial charge in [0.05, 0.1) is 12.2 Å². The first-order valence-electron chi connectivity index (χ1n) is 9.01. The SMILES string of the molecule is CCOC(=O)c1ccccc1NCCC(=O)N1c2ccccc2CC1C. The molecule has 26 heavy (non-hydrogen) atoms. The van der Waals surface area contributed by atoms with Crippen molar-refractivity contribution in [3.05, 3.63) is 59.7 Å². The molecule has 0 radical (unpaired) electrons. The monoisotopic (exact) mass is 352 g/mol. The van der Waals surface area contributed by atoms with Crippen molar-refractivity contribution in [1.82, 2.24) is 0 Å². The molecule has 2 aromatic carbocycles. The van der Waals surface area contributed by atoms with Crippen molar-refractivity contribution < 1.29 is 14.3 Å². The van der Waals surface area contributed by atoms with E-state index >= 15 is 0 Å². The standard InChI is InChI=1S/C21H24N2O3/c1-3-26-21(25)17-9-5-6-10-18(17)22-13-12-20(24)23-15(2)14-16-8-4-7-11-19(16)23/h4-11,15,22H,3,12-14H2,1-2H3. The van der Waals surface area contributed by atoms with Crippen molar-refractivity contribution in [2.24, 2.45) is 0 Å². The number of nitrogens with zero attached hydrogens (tertiary/aromatic N) is 1. The lowest BCUT2D eigenvalue weighted by molar-refractivity contribution is -0.118. The van der Waals surface area contributed by atoms with E-state index in [0.29, 0.717) is 30.8 Å². The molecule has 5 nitrogen and oxygen atoms in total.